The Balaban J connectivity index is 0.000000252. The smallest absolute Gasteiger partial charge is 0.153 e. The summed E-state index contributed by atoms with van der Waals surface area (Å²) >= 11 is 8.13. The lowest BCUT2D eigenvalue weighted by Gasteiger charge is -2.33. The molecule has 4 rings (SSSR count). The van der Waals surface area contributed by atoms with Gasteiger partial charge in [-0.3, -0.25) is 19.4 Å². The molecule has 11 heteroatoms. The first-order valence-electron chi connectivity index (χ1n) is 12.7. The van der Waals surface area contributed by atoms with Crippen molar-refractivity contribution in [3.8, 4) is 0 Å². The summed E-state index contributed by atoms with van der Waals surface area (Å²) in [5.74, 6) is -1.64. The second kappa shape index (κ2) is 13.5. The Morgan fingerprint density at radius 3 is 2.52 bits per heavy atom. The predicted molar refractivity (Wildman–Crippen MR) is 162 cm³/mol. The summed E-state index contributed by atoms with van der Waals surface area (Å²) in [4.78, 5) is 17.3. The Morgan fingerprint density at radius 1 is 1.27 bits per heavy atom. The normalized spacial score (nSPS) is 19.1. The second-order valence-corrected chi connectivity index (χ2v) is 10.8. The highest BCUT2D eigenvalue weighted by Gasteiger charge is 2.44. The highest BCUT2D eigenvalue weighted by molar-refractivity contribution is 7.96. The number of hydrogen-bond acceptors (Lipinski definition) is 8. The van der Waals surface area contributed by atoms with Gasteiger partial charge >= 0.3 is 0 Å². The van der Waals surface area contributed by atoms with Gasteiger partial charge in [-0.1, -0.05) is 23.5 Å². The number of nitrogens with zero attached hydrogens (tertiary/aromatic N) is 2. The largest absolute Gasteiger partial charge is 0.404 e. The summed E-state index contributed by atoms with van der Waals surface area (Å²) in [7, 11) is 3.95. The monoisotopic (exact) mass is 588 g/mol. The van der Waals surface area contributed by atoms with Crippen LogP contribution in [0.15, 0.2) is 52.8 Å². The van der Waals surface area contributed by atoms with Crippen molar-refractivity contribution in [3.05, 3.63) is 86.7 Å². The summed E-state index contributed by atoms with van der Waals surface area (Å²) in [6.45, 7) is 3.13. The first kappa shape index (κ1) is 31.5. The fraction of sp³-hybridized carbons (Fsp3) is 0.345. The van der Waals surface area contributed by atoms with E-state index in [9.17, 15) is 13.6 Å². The number of carbonyl (C=O) groups is 1. The average molecular weight is 589 g/mol. The molecular formula is C29H35ClF2N6OS. The van der Waals surface area contributed by atoms with Crippen molar-refractivity contribution in [2.75, 3.05) is 26.9 Å². The average Bonchev–Trinajstić information content (AvgIpc) is 3.72. The molecule has 0 aromatic heterocycles. The van der Waals surface area contributed by atoms with Crippen LogP contribution >= 0.6 is 23.5 Å². The lowest BCUT2D eigenvalue weighted by atomic mass is 9.90. The maximum Gasteiger partial charge on any atom is 0.153 e. The van der Waals surface area contributed by atoms with Gasteiger partial charge in [-0.15, -0.1) is 0 Å². The van der Waals surface area contributed by atoms with Crippen LogP contribution in [0, 0.1) is 17.0 Å². The number of aliphatic imine (C=N–C) groups is 1. The van der Waals surface area contributed by atoms with Gasteiger partial charge in [-0.05, 0) is 81.0 Å². The molecule has 1 atom stereocenters. The molecule has 1 heterocycles. The number of carbonyl (C=O) groups excluding carboxylic acids is 1. The van der Waals surface area contributed by atoms with Crippen LogP contribution in [0.25, 0.3) is 5.57 Å². The molecule has 1 fully saturated rings. The first-order chi connectivity index (χ1) is 19.0. The molecule has 2 aliphatic rings. The molecule has 1 unspecified atom stereocenters. The summed E-state index contributed by atoms with van der Waals surface area (Å²) in [6, 6.07) is 8.20. The lowest BCUT2D eigenvalue weighted by Crippen LogP contribution is -2.40. The third-order valence-electron chi connectivity index (χ3n) is 7.29. The molecule has 2 aromatic carbocycles. The molecule has 6 N–H and O–H groups in total. The van der Waals surface area contributed by atoms with Crippen molar-refractivity contribution in [1.82, 2.24) is 9.62 Å². The number of hydrogen-bond donors (Lipinski definition) is 4. The third-order valence-corrected chi connectivity index (χ3v) is 8.11. The zero-order valence-corrected chi connectivity index (χ0v) is 24.6. The van der Waals surface area contributed by atoms with Gasteiger partial charge in [0.05, 0.1) is 16.8 Å². The van der Waals surface area contributed by atoms with Crippen molar-refractivity contribution in [2.45, 2.75) is 37.8 Å². The number of aldehydes is 1. The number of rotatable bonds is 8. The summed E-state index contributed by atoms with van der Waals surface area (Å²) in [5, 5.41) is 7.69. The van der Waals surface area contributed by atoms with Crippen molar-refractivity contribution in [2.24, 2.45) is 16.5 Å². The highest BCUT2D eigenvalue weighted by atomic mass is 35.5. The number of nitrogens with two attached hydrogens (primary N) is 2. The molecule has 40 heavy (non-hydrogen) atoms. The van der Waals surface area contributed by atoms with Crippen LogP contribution in [0.5, 0.6) is 0 Å². The van der Waals surface area contributed by atoms with Gasteiger partial charge in [-0.25, -0.2) is 8.78 Å². The molecule has 7 nitrogen and oxygen atoms in total. The lowest BCUT2D eigenvalue weighted by molar-refractivity contribution is 0.111. The number of nitrogens with one attached hydrogen (secondary N) is 2. The van der Waals surface area contributed by atoms with E-state index in [1.54, 1.807) is 11.9 Å². The maximum atomic E-state index is 13.5. The Morgan fingerprint density at radius 2 is 1.98 bits per heavy atom. The zero-order chi connectivity index (χ0) is 29.6. The summed E-state index contributed by atoms with van der Waals surface area (Å²) in [6.07, 6.45) is 7.22. The summed E-state index contributed by atoms with van der Waals surface area (Å²) < 4.78 is 30.0. The van der Waals surface area contributed by atoms with Gasteiger partial charge in [0.1, 0.15) is 11.6 Å². The van der Waals surface area contributed by atoms with Gasteiger partial charge in [0.15, 0.2) is 6.29 Å². The van der Waals surface area contributed by atoms with Crippen molar-refractivity contribution in [1.29, 1.82) is 5.41 Å². The molecule has 2 aromatic rings. The van der Waals surface area contributed by atoms with Gasteiger partial charge in [0.2, 0.25) is 0 Å². The van der Waals surface area contributed by atoms with E-state index in [0.29, 0.717) is 0 Å². The Bertz CT molecular complexity index is 1370. The fourth-order valence-electron chi connectivity index (χ4n) is 4.70. The first-order valence-corrected chi connectivity index (χ1v) is 14.3. The minimum Gasteiger partial charge on any atom is -0.404 e. The van der Waals surface area contributed by atoms with E-state index in [1.165, 1.54) is 5.56 Å². The van der Waals surface area contributed by atoms with Crippen molar-refractivity contribution >= 4 is 47.3 Å². The van der Waals surface area contributed by atoms with E-state index in [0.717, 1.165) is 77.9 Å². The van der Waals surface area contributed by atoms with Crippen molar-refractivity contribution < 1.29 is 13.6 Å². The fourth-order valence-corrected chi connectivity index (χ4v) is 5.65. The van der Waals surface area contributed by atoms with E-state index >= 15 is 0 Å². The number of likely N-dealkylation sites (N-methyl/N-ethyl adjacent to an activating group) is 1. The van der Waals surface area contributed by atoms with Gasteiger partial charge in [0, 0.05) is 59.5 Å². The Hall–Kier alpha value is -3.05. The van der Waals surface area contributed by atoms with Crippen LogP contribution in [-0.2, 0) is 5.54 Å². The Kier molecular flexibility index (Phi) is 10.7. The molecule has 0 radical (unpaired) electrons. The van der Waals surface area contributed by atoms with Gasteiger partial charge < -0.3 is 16.9 Å². The second-order valence-electron chi connectivity index (χ2n) is 9.77. The summed E-state index contributed by atoms with van der Waals surface area (Å²) in [5.41, 5.74) is 16.4. The standard InChI is InChI=1S/C19H27ClN4S.C10H8F2N2O/c1-12-17(21)16(5-8-24(12)3)18(22-2)13-9-14(11-15(20)10-13)19(6-7-19)23-25-4;11-8-1-6(5-15)10(12)9(2-8)7(3-13)4-14/h9-12,23H,5-8,21H2,1-4H3;1-5,13H,14H2/b;7-4+,13-3?. The predicted octanol–water partition coefficient (Wildman–Crippen LogP) is 5.28. The van der Waals surface area contributed by atoms with Crippen LogP contribution in [0.3, 0.4) is 0 Å². The van der Waals surface area contributed by atoms with Gasteiger partial charge in [0.25, 0.3) is 0 Å². The van der Waals surface area contributed by atoms with E-state index in [1.807, 2.05) is 13.1 Å². The quantitative estimate of drug-likeness (QED) is 0.189. The van der Waals surface area contributed by atoms with Crippen LogP contribution in [0.1, 0.15) is 53.2 Å². The Labute approximate surface area is 243 Å². The molecule has 0 spiro atoms. The molecule has 1 aliphatic carbocycles. The third kappa shape index (κ3) is 6.80. The molecule has 1 aliphatic heterocycles. The number of benzene rings is 2. The maximum absolute atomic E-state index is 13.5. The molecule has 214 valence electrons. The number of allylic oxidation sites excluding steroid dienone is 1. The van der Waals surface area contributed by atoms with Gasteiger partial charge in [-0.2, -0.15) is 0 Å². The van der Waals surface area contributed by atoms with Crippen LogP contribution < -0.4 is 16.2 Å². The molecule has 0 amide bonds. The highest BCUT2D eigenvalue weighted by Crippen LogP contribution is 2.47. The van der Waals surface area contributed by atoms with Crippen LogP contribution in [-0.4, -0.2) is 56.1 Å². The minimum absolute atomic E-state index is 0.00935. The van der Waals surface area contributed by atoms with Crippen molar-refractivity contribution in [3.63, 3.8) is 0 Å². The minimum atomic E-state index is -0.883. The van der Waals surface area contributed by atoms with E-state index in [2.05, 4.69) is 47.0 Å². The van der Waals surface area contributed by atoms with Crippen LogP contribution in [0.2, 0.25) is 5.02 Å². The zero-order valence-electron chi connectivity index (χ0n) is 23.0. The molecule has 0 saturated heterocycles. The number of halogens is 3. The topological polar surface area (TPSA) is 121 Å². The van der Waals surface area contributed by atoms with E-state index in [4.69, 9.17) is 28.5 Å². The molecule has 1 saturated carbocycles. The van der Waals surface area contributed by atoms with E-state index in [-0.39, 0.29) is 29.0 Å². The molecule has 0 bridgehead atoms. The SMILES string of the molecule is CN=C(C1=C(N)C(C)N(C)CC1)c1cc(Cl)cc(C2(NSC)CC2)c1.N=C/C(=C\N)c1cc(F)cc(C=O)c1F. The van der Waals surface area contributed by atoms with E-state index < -0.39 is 17.2 Å². The van der Waals surface area contributed by atoms with Crippen LogP contribution in [0.4, 0.5) is 8.78 Å². The molecular weight excluding hydrogens is 554 g/mol.